The Kier molecular flexibility index (Phi) is 2.06. The fraction of sp³-hybridized carbons (Fsp3) is 0.200. The van der Waals surface area contributed by atoms with Gasteiger partial charge in [-0.3, -0.25) is 4.79 Å². The van der Waals surface area contributed by atoms with Crippen molar-refractivity contribution in [2.24, 2.45) is 0 Å². The van der Waals surface area contributed by atoms with E-state index in [1.54, 1.807) is 0 Å². The number of nitrogens with zero attached hydrogens (tertiary/aromatic N) is 1. The summed E-state index contributed by atoms with van der Waals surface area (Å²) in [5, 5.41) is 0. The average Bonchev–Trinajstić information content (AvgIpc) is 2.20. The Morgan fingerprint density at radius 3 is 2.70 bits per heavy atom. The highest BCUT2D eigenvalue weighted by Gasteiger charge is 2.28. The number of imide groups is 1. The summed E-state index contributed by atoms with van der Waals surface area (Å²) in [5.41, 5.74) is 0. The molecule has 54 valence electrons. The van der Waals surface area contributed by atoms with Gasteiger partial charge in [0.15, 0.2) is 6.61 Å². The molecule has 4 nitrogen and oxygen atoms in total. The molecule has 0 atom stereocenters. The molecule has 1 saturated heterocycles. The number of hydrogen-bond acceptors (Lipinski definition) is 3. The Morgan fingerprint density at radius 1 is 1.60 bits per heavy atom. The van der Waals surface area contributed by atoms with E-state index in [1.807, 2.05) is 0 Å². The van der Waals surface area contributed by atoms with Gasteiger partial charge in [0, 0.05) is 6.20 Å². The highest BCUT2D eigenvalue weighted by molar-refractivity contribution is 9.11. The second-order valence-corrected chi connectivity index (χ2v) is 2.12. The Balaban J connectivity index is 2.72. The van der Waals surface area contributed by atoms with Gasteiger partial charge in [0.25, 0.3) is 5.91 Å². The highest BCUT2D eigenvalue weighted by atomic mass is 79.9. The minimum atomic E-state index is -0.624. The molecule has 0 radical (unpaired) electrons. The zero-order chi connectivity index (χ0) is 7.56. The van der Waals surface area contributed by atoms with Crippen molar-refractivity contribution < 1.29 is 14.3 Å². The molecule has 0 spiro atoms. The number of carbonyl (C=O) groups excluding carboxylic acids is 2. The maximum Gasteiger partial charge on any atom is 0.421 e. The standard InChI is InChI=1S/C5H4BrNO3/c6-1-2-7-4(8)3-10-5(7)9/h1-2H,3H2. The minimum absolute atomic E-state index is 0.157. The number of carbonyl (C=O) groups is 2. The van der Waals surface area contributed by atoms with Gasteiger partial charge in [-0.25, -0.2) is 9.69 Å². The van der Waals surface area contributed by atoms with E-state index < -0.39 is 6.09 Å². The van der Waals surface area contributed by atoms with Crippen molar-refractivity contribution >= 4 is 27.9 Å². The normalized spacial score (nSPS) is 18.7. The molecule has 1 rings (SSSR count). The molecule has 2 amide bonds. The second-order valence-electron chi connectivity index (χ2n) is 1.59. The van der Waals surface area contributed by atoms with Gasteiger partial charge in [0.05, 0.1) is 0 Å². The highest BCUT2D eigenvalue weighted by Crippen LogP contribution is 2.05. The number of amides is 2. The lowest BCUT2D eigenvalue weighted by Gasteiger charge is -1.99. The molecule has 0 bridgehead atoms. The van der Waals surface area contributed by atoms with E-state index in [0.717, 1.165) is 4.90 Å². The number of ether oxygens (including phenoxy) is 1. The van der Waals surface area contributed by atoms with Gasteiger partial charge in [-0.05, 0) is 4.99 Å². The zero-order valence-corrected chi connectivity index (χ0v) is 6.50. The predicted octanol–water partition coefficient (Wildman–Crippen LogP) is 0.831. The first kappa shape index (κ1) is 7.27. The van der Waals surface area contributed by atoms with Crippen molar-refractivity contribution in [3.63, 3.8) is 0 Å². The van der Waals surface area contributed by atoms with Gasteiger partial charge in [0.2, 0.25) is 0 Å². The monoisotopic (exact) mass is 205 g/mol. The number of hydrogen-bond donors (Lipinski definition) is 0. The third-order valence-corrected chi connectivity index (χ3v) is 1.23. The molecule has 5 heteroatoms. The molecule has 1 aliphatic rings. The van der Waals surface area contributed by atoms with Gasteiger partial charge < -0.3 is 4.74 Å². The SMILES string of the molecule is O=C1COC(=O)N1C=CBr. The van der Waals surface area contributed by atoms with Crippen LogP contribution in [0.15, 0.2) is 11.2 Å². The van der Waals surface area contributed by atoms with E-state index in [1.165, 1.54) is 11.2 Å². The van der Waals surface area contributed by atoms with Crippen molar-refractivity contribution in [2.75, 3.05) is 6.61 Å². The summed E-state index contributed by atoms with van der Waals surface area (Å²) >= 11 is 2.93. The van der Waals surface area contributed by atoms with Crippen LogP contribution in [0.25, 0.3) is 0 Å². The summed E-state index contributed by atoms with van der Waals surface area (Å²) in [4.78, 5) is 23.6. The first-order chi connectivity index (χ1) is 4.75. The van der Waals surface area contributed by atoms with Gasteiger partial charge in [0.1, 0.15) is 0 Å². The summed E-state index contributed by atoms with van der Waals surface area (Å²) < 4.78 is 4.40. The zero-order valence-electron chi connectivity index (χ0n) is 4.91. The fourth-order valence-corrected chi connectivity index (χ4v) is 0.801. The molecule has 0 aliphatic carbocycles. The lowest BCUT2D eigenvalue weighted by molar-refractivity contribution is -0.124. The lowest BCUT2D eigenvalue weighted by Crippen LogP contribution is -2.22. The molecule has 0 N–H and O–H groups in total. The quantitative estimate of drug-likeness (QED) is 0.638. The molecular formula is C5H4BrNO3. The Morgan fingerprint density at radius 2 is 2.30 bits per heavy atom. The van der Waals surface area contributed by atoms with Crippen molar-refractivity contribution in [3.8, 4) is 0 Å². The van der Waals surface area contributed by atoms with Crippen LogP contribution in [-0.4, -0.2) is 23.5 Å². The minimum Gasteiger partial charge on any atom is -0.439 e. The first-order valence-electron chi connectivity index (χ1n) is 2.51. The van der Waals surface area contributed by atoms with E-state index in [4.69, 9.17) is 0 Å². The van der Waals surface area contributed by atoms with Crippen LogP contribution in [0.2, 0.25) is 0 Å². The lowest BCUT2D eigenvalue weighted by atomic mass is 10.6. The third-order valence-electron chi connectivity index (χ3n) is 0.990. The van der Waals surface area contributed by atoms with Gasteiger partial charge in [-0.2, -0.15) is 0 Å². The first-order valence-corrected chi connectivity index (χ1v) is 3.43. The third kappa shape index (κ3) is 1.18. The van der Waals surface area contributed by atoms with Crippen LogP contribution >= 0.6 is 15.9 Å². The molecule has 0 aromatic rings. The number of rotatable bonds is 1. The van der Waals surface area contributed by atoms with Crippen LogP contribution in [0.4, 0.5) is 4.79 Å². The van der Waals surface area contributed by atoms with Crippen molar-refractivity contribution in [2.45, 2.75) is 0 Å². The van der Waals surface area contributed by atoms with E-state index >= 15 is 0 Å². The summed E-state index contributed by atoms with van der Waals surface area (Å²) in [6.45, 7) is -0.157. The molecule has 1 fully saturated rings. The summed E-state index contributed by atoms with van der Waals surface area (Å²) in [6, 6.07) is 0. The van der Waals surface area contributed by atoms with Crippen LogP contribution in [0.1, 0.15) is 0 Å². The smallest absolute Gasteiger partial charge is 0.421 e. The predicted molar refractivity (Wildman–Crippen MR) is 36.3 cm³/mol. The van der Waals surface area contributed by atoms with E-state index in [9.17, 15) is 9.59 Å². The van der Waals surface area contributed by atoms with Gasteiger partial charge >= 0.3 is 6.09 Å². The van der Waals surface area contributed by atoms with Crippen molar-refractivity contribution in [3.05, 3.63) is 11.2 Å². The van der Waals surface area contributed by atoms with Gasteiger partial charge in [-0.15, -0.1) is 0 Å². The van der Waals surface area contributed by atoms with E-state index in [0.29, 0.717) is 0 Å². The molecule has 10 heavy (non-hydrogen) atoms. The largest absolute Gasteiger partial charge is 0.439 e. The molecule has 0 aromatic heterocycles. The summed E-state index contributed by atoms with van der Waals surface area (Å²) in [7, 11) is 0. The van der Waals surface area contributed by atoms with Crippen molar-refractivity contribution in [1.29, 1.82) is 0 Å². The van der Waals surface area contributed by atoms with E-state index in [-0.39, 0.29) is 12.5 Å². The number of cyclic esters (lactones) is 1. The molecular weight excluding hydrogens is 202 g/mol. The maximum absolute atomic E-state index is 10.7. The van der Waals surface area contributed by atoms with Crippen LogP contribution in [-0.2, 0) is 9.53 Å². The van der Waals surface area contributed by atoms with Crippen LogP contribution < -0.4 is 0 Å². The fourth-order valence-electron chi connectivity index (χ4n) is 0.565. The molecule has 1 heterocycles. The summed E-state index contributed by atoms with van der Waals surface area (Å²) in [5.74, 6) is -0.347. The van der Waals surface area contributed by atoms with Crippen LogP contribution in [0.3, 0.4) is 0 Å². The molecule has 0 saturated carbocycles. The maximum atomic E-state index is 10.7. The Hall–Kier alpha value is -0.840. The van der Waals surface area contributed by atoms with E-state index in [2.05, 4.69) is 20.7 Å². The second kappa shape index (κ2) is 2.83. The van der Waals surface area contributed by atoms with Gasteiger partial charge in [-0.1, -0.05) is 15.9 Å². The van der Waals surface area contributed by atoms with Crippen LogP contribution in [0, 0.1) is 0 Å². The molecule has 0 unspecified atom stereocenters. The van der Waals surface area contributed by atoms with Crippen molar-refractivity contribution in [1.82, 2.24) is 4.90 Å². The molecule has 0 aromatic carbocycles. The van der Waals surface area contributed by atoms with Crippen LogP contribution in [0.5, 0.6) is 0 Å². The molecule has 1 aliphatic heterocycles. The Bertz CT molecular complexity index is 185. The number of halogens is 1. The Labute approximate surface area is 65.6 Å². The average molecular weight is 206 g/mol. The topological polar surface area (TPSA) is 46.6 Å². The summed E-state index contributed by atoms with van der Waals surface area (Å²) in [6.07, 6.45) is 0.679.